The zero-order chi connectivity index (χ0) is 18.3. The third kappa shape index (κ3) is 2.85. The summed E-state index contributed by atoms with van der Waals surface area (Å²) in [4.78, 5) is 8.06. The van der Waals surface area contributed by atoms with Crippen LogP contribution >= 0.6 is 0 Å². The van der Waals surface area contributed by atoms with Crippen LogP contribution in [0.3, 0.4) is 0 Å². The zero-order valence-electron chi connectivity index (χ0n) is 15.5. The summed E-state index contributed by atoms with van der Waals surface area (Å²) in [7, 11) is 1.93. The summed E-state index contributed by atoms with van der Waals surface area (Å²) in [6, 6.07) is 8.37. The summed E-state index contributed by atoms with van der Waals surface area (Å²) < 4.78 is 3.83. The van der Waals surface area contributed by atoms with Gasteiger partial charge in [-0.05, 0) is 32.9 Å². The number of H-pyrrole nitrogens is 1. The third-order valence-electron chi connectivity index (χ3n) is 4.58. The number of nitrogens with zero attached hydrogens (tertiary/aromatic N) is 5. The second kappa shape index (κ2) is 6.33. The van der Waals surface area contributed by atoms with Crippen LogP contribution in [0.4, 0.5) is 5.82 Å². The summed E-state index contributed by atoms with van der Waals surface area (Å²) in [5, 5.41) is 12.5. The molecule has 4 rings (SSSR count). The van der Waals surface area contributed by atoms with E-state index in [9.17, 15) is 0 Å². The lowest BCUT2D eigenvalue weighted by Crippen LogP contribution is -2.06. The molecule has 1 aromatic carbocycles. The number of aromatic nitrogens is 6. The number of aryl methyl sites for hydroxylation is 2. The Morgan fingerprint density at radius 1 is 1.23 bits per heavy atom. The van der Waals surface area contributed by atoms with E-state index in [1.807, 2.05) is 53.8 Å². The quantitative estimate of drug-likeness (QED) is 0.576. The van der Waals surface area contributed by atoms with Gasteiger partial charge in [-0.1, -0.05) is 12.1 Å². The van der Waals surface area contributed by atoms with Crippen molar-refractivity contribution in [2.24, 2.45) is 7.05 Å². The average Bonchev–Trinajstić information content (AvgIpc) is 3.29. The van der Waals surface area contributed by atoms with Crippen molar-refractivity contribution in [1.82, 2.24) is 29.5 Å². The molecule has 7 heteroatoms. The molecule has 0 saturated carbocycles. The normalized spacial score (nSPS) is 11.6. The molecule has 134 valence electrons. The number of nitrogens with one attached hydrogen (secondary N) is 2. The van der Waals surface area contributed by atoms with Gasteiger partial charge in [0.1, 0.15) is 11.6 Å². The number of benzene rings is 1. The highest BCUT2D eigenvalue weighted by Gasteiger charge is 2.15. The number of rotatable bonds is 5. The number of fused-ring (bicyclic) bond motifs is 1. The van der Waals surface area contributed by atoms with Gasteiger partial charge in [0.15, 0.2) is 0 Å². The minimum Gasteiger partial charge on any atom is -0.365 e. The van der Waals surface area contributed by atoms with Crippen molar-refractivity contribution in [2.75, 3.05) is 5.32 Å². The van der Waals surface area contributed by atoms with Crippen LogP contribution in [0.15, 0.2) is 36.7 Å². The van der Waals surface area contributed by atoms with Crippen LogP contribution < -0.4 is 5.32 Å². The molecule has 0 saturated heterocycles. The molecular weight excluding hydrogens is 326 g/mol. The fraction of sp³-hybridized carbons (Fsp3) is 0.316. The second-order valence-electron chi connectivity index (χ2n) is 6.80. The number of aromatic amines is 1. The predicted octanol–water partition coefficient (Wildman–Crippen LogP) is 3.66. The van der Waals surface area contributed by atoms with Gasteiger partial charge >= 0.3 is 0 Å². The molecule has 0 fully saturated rings. The lowest BCUT2D eigenvalue weighted by atomic mass is 10.2. The fourth-order valence-electron chi connectivity index (χ4n) is 3.04. The monoisotopic (exact) mass is 349 g/mol. The minimum absolute atomic E-state index is 0.352. The van der Waals surface area contributed by atoms with Crippen molar-refractivity contribution in [3.8, 4) is 11.4 Å². The van der Waals surface area contributed by atoms with E-state index in [1.54, 1.807) is 0 Å². The van der Waals surface area contributed by atoms with E-state index in [0.717, 1.165) is 33.9 Å². The Hall–Kier alpha value is -3.09. The molecule has 0 unspecified atom stereocenters. The highest BCUT2D eigenvalue weighted by Crippen LogP contribution is 2.27. The molecule has 0 radical (unpaired) electrons. The van der Waals surface area contributed by atoms with Crippen molar-refractivity contribution < 1.29 is 0 Å². The largest absolute Gasteiger partial charge is 0.365 e. The Morgan fingerprint density at radius 3 is 2.77 bits per heavy atom. The summed E-state index contributed by atoms with van der Waals surface area (Å²) in [6.45, 7) is 6.99. The summed E-state index contributed by atoms with van der Waals surface area (Å²) in [5.74, 6) is 1.75. The molecule has 0 aliphatic rings. The molecule has 0 spiro atoms. The van der Waals surface area contributed by atoms with Crippen LogP contribution in [0.5, 0.6) is 0 Å². The van der Waals surface area contributed by atoms with Crippen LogP contribution in [-0.4, -0.2) is 29.5 Å². The lowest BCUT2D eigenvalue weighted by Gasteiger charge is -2.08. The van der Waals surface area contributed by atoms with Gasteiger partial charge in [-0.25, -0.2) is 4.98 Å². The Morgan fingerprint density at radius 2 is 2.04 bits per heavy atom. The third-order valence-corrected chi connectivity index (χ3v) is 4.58. The minimum atomic E-state index is 0.352. The summed E-state index contributed by atoms with van der Waals surface area (Å²) >= 11 is 0. The van der Waals surface area contributed by atoms with E-state index < -0.39 is 0 Å². The first kappa shape index (κ1) is 16.4. The molecule has 3 aromatic heterocycles. The van der Waals surface area contributed by atoms with E-state index in [0.29, 0.717) is 12.6 Å². The maximum atomic E-state index is 4.69. The maximum Gasteiger partial charge on any atom is 0.143 e. The molecule has 0 bridgehead atoms. The Kier molecular flexibility index (Phi) is 3.99. The molecule has 0 aliphatic heterocycles. The van der Waals surface area contributed by atoms with Gasteiger partial charge in [0.25, 0.3) is 0 Å². The molecule has 3 heterocycles. The molecule has 0 amide bonds. The van der Waals surface area contributed by atoms with E-state index in [4.69, 9.17) is 4.98 Å². The van der Waals surface area contributed by atoms with Crippen LogP contribution in [0.2, 0.25) is 0 Å². The molecule has 0 aliphatic carbocycles. The number of anilines is 1. The molecule has 4 aromatic rings. The van der Waals surface area contributed by atoms with E-state index in [2.05, 4.69) is 40.5 Å². The van der Waals surface area contributed by atoms with Gasteiger partial charge in [-0.2, -0.15) is 10.2 Å². The highest BCUT2D eigenvalue weighted by molar-refractivity contribution is 5.81. The van der Waals surface area contributed by atoms with Gasteiger partial charge in [-0.15, -0.1) is 0 Å². The number of hydrogen-bond donors (Lipinski definition) is 2. The molecule has 2 N–H and O–H groups in total. The van der Waals surface area contributed by atoms with Crippen LogP contribution in [0.1, 0.15) is 31.1 Å². The topological polar surface area (TPSA) is 76.3 Å². The highest BCUT2D eigenvalue weighted by atomic mass is 15.3. The molecular formula is C19H23N7. The fourth-order valence-corrected chi connectivity index (χ4v) is 3.04. The Bertz CT molecular complexity index is 1020. The van der Waals surface area contributed by atoms with Crippen molar-refractivity contribution in [3.63, 3.8) is 0 Å². The average molecular weight is 349 g/mol. The molecule has 7 nitrogen and oxygen atoms in total. The lowest BCUT2D eigenvalue weighted by molar-refractivity contribution is 0.529. The van der Waals surface area contributed by atoms with Crippen molar-refractivity contribution in [3.05, 3.63) is 47.9 Å². The summed E-state index contributed by atoms with van der Waals surface area (Å²) in [5.41, 5.74) is 5.14. The van der Waals surface area contributed by atoms with Crippen molar-refractivity contribution in [1.29, 1.82) is 0 Å². The molecule has 0 atom stereocenters. The van der Waals surface area contributed by atoms with Gasteiger partial charge in [0, 0.05) is 31.4 Å². The standard InChI is InChI=1S/C19H23N7/c1-12(2)26-11-14(13(3)24-26)9-20-19-15(10-21-25(19)4)18-22-16-7-5-6-8-17(16)23-18/h5-8,10-12,20H,9H2,1-4H3,(H,22,23). The SMILES string of the molecule is Cc1nn(C(C)C)cc1CNc1c(-c2nc3ccccc3[nH]2)cnn1C. The first-order chi connectivity index (χ1) is 12.5. The van der Waals surface area contributed by atoms with Crippen LogP contribution in [0.25, 0.3) is 22.4 Å². The van der Waals surface area contributed by atoms with Gasteiger partial charge in [-0.3, -0.25) is 9.36 Å². The zero-order valence-corrected chi connectivity index (χ0v) is 15.5. The predicted molar refractivity (Wildman–Crippen MR) is 103 cm³/mol. The Balaban J connectivity index is 1.62. The Labute approximate surface area is 152 Å². The van der Waals surface area contributed by atoms with E-state index >= 15 is 0 Å². The number of hydrogen-bond acceptors (Lipinski definition) is 4. The van der Waals surface area contributed by atoms with Crippen molar-refractivity contribution in [2.45, 2.75) is 33.4 Å². The molecule has 26 heavy (non-hydrogen) atoms. The van der Waals surface area contributed by atoms with Gasteiger partial charge < -0.3 is 10.3 Å². The maximum absolute atomic E-state index is 4.69. The first-order valence-electron chi connectivity index (χ1n) is 8.78. The second-order valence-corrected chi connectivity index (χ2v) is 6.80. The van der Waals surface area contributed by atoms with Crippen LogP contribution in [-0.2, 0) is 13.6 Å². The first-order valence-corrected chi connectivity index (χ1v) is 8.78. The van der Waals surface area contributed by atoms with E-state index in [1.165, 1.54) is 5.56 Å². The van der Waals surface area contributed by atoms with E-state index in [-0.39, 0.29) is 0 Å². The summed E-state index contributed by atoms with van der Waals surface area (Å²) in [6.07, 6.45) is 3.94. The van der Waals surface area contributed by atoms with Crippen LogP contribution in [0, 0.1) is 6.92 Å². The van der Waals surface area contributed by atoms with Gasteiger partial charge in [0.2, 0.25) is 0 Å². The number of imidazole rings is 1. The smallest absolute Gasteiger partial charge is 0.143 e. The van der Waals surface area contributed by atoms with Gasteiger partial charge in [0.05, 0.1) is 28.5 Å². The van der Waals surface area contributed by atoms with Crippen molar-refractivity contribution >= 4 is 16.9 Å². The number of para-hydroxylation sites is 2.